The van der Waals surface area contributed by atoms with Gasteiger partial charge in [-0.2, -0.15) is 0 Å². The zero-order valence-corrected chi connectivity index (χ0v) is 12.4. The van der Waals surface area contributed by atoms with Gasteiger partial charge in [0.2, 0.25) is 0 Å². The van der Waals surface area contributed by atoms with E-state index in [2.05, 4.69) is 11.9 Å². The molecule has 0 aliphatic heterocycles. The van der Waals surface area contributed by atoms with Crippen molar-refractivity contribution in [2.75, 3.05) is 0 Å². The Morgan fingerprint density at radius 2 is 2.24 bits per heavy atom. The van der Waals surface area contributed by atoms with Crippen molar-refractivity contribution < 1.29 is 0 Å². The summed E-state index contributed by atoms with van der Waals surface area (Å²) in [4.78, 5) is 4.54. The second kappa shape index (κ2) is 5.67. The van der Waals surface area contributed by atoms with Crippen LogP contribution >= 0.6 is 45.9 Å². The number of halogens is 2. The summed E-state index contributed by atoms with van der Waals surface area (Å²) in [5, 5.41) is 3.05. The van der Waals surface area contributed by atoms with Gasteiger partial charge in [0.15, 0.2) is 0 Å². The topological polar surface area (TPSA) is 38.9 Å². The minimum absolute atomic E-state index is 0.176. The maximum atomic E-state index is 6.10. The first-order valence-corrected chi connectivity index (χ1v) is 7.70. The van der Waals surface area contributed by atoms with E-state index in [-0.39, 0.29) is 6.04 Å². The molecule has 1 atom stereocenters. The summed E-state index contributed by atoms with van der Waals surface area (Å²) >= 11 is 15.0. The maximum absolute atomic E-state index is 6.10. The third kappa shape index (κ3) is 3.20. The number of nitrogens with two attached hydrogens (primary N) is 1. The van der Waals surface area contributed by atoms with E-state index in [9.17, 15) is 0 Å². The Balaban J connectivity index is 2.21. The molecule has 0 saturated heterocycles. The van der Waals surface area contributed by atoms with Gasteiger partial charge in [-0.15, -0.1) is 22.7 Å². The minimum atomic E-state index is 0.176. The van der Waals surface area contributed by atoms with Crippen molar-refractivity contribution in [1.82, 2.24) is 4.98 Å². The van der Waals surface area contributed by atoms with Crippen molar-refractivity contribution in [3.8, 4) is 11.3 Å². The summed E-state index contributed by atoms with van der Waals surface area (Å²) < 4.78 is 1.37. The highest BCUT2D eigenvalue weighted by atomic mass is 35.5. The predicted molar refractivity (Wildman–Crippen MR) is 77.4 cm³/mol. The first-order chi connectivity index (χ1) is 8.10. The van der Waals surface area contributed by atoms with Crippen molar-refractivity contribution in [2.45, 2.75) is 25.8 Å². The fourth-order valence-electron chi connectivity index (χ4n) is 1.41. The van der Waals surface area contributed by atoms with Gasteiger partial charge in [-0.05, 0) is 12.5 Å². The predicted octanol–water partition coefficient (Wildman–Crippen LogP) is 4.46. The zero-order valence-electron chi connectivity index (χ0n) is 9.24. The number of rotatable bonds is 4. The quantitative estimate of drug-likeness (QED) is 0.906. The highest BCUT2D eigenvalue weighted by molar-refractivity contribution is 7.20. The summed E-state index contributed by atoms with van der Waals surface area (Å²) in [6.07, 6.45) is 1.77. The van der Waals surface area contributed by atoms with Crippen molar-refractivity contribution in [3.05, 3.63) is 25.1 Å². The van der Waals surface area contributed by atoms with Crippen LogP contribution in [0.25, 0.3) is 11.3 Å². The molecule has 17 heavy (non-hydrogen) atoms. The summed E-state index contributed by atoms with van der Waals surface area (Å²) in [5.74, 6) is 0. The lowest BCUT2D eigenvalue weighted by Crippen LogP contribution is -2.21. The van der Waals surface area contributed by atoms with Crippen molar-refractivity contribution >= 4 is 45.9 Å². The maximum Gasteiger partial charge on any atom is 0.104 e. The molecule has 92 valence electrons. The monoisotopic (exact) mass is 306 g/mol. The Morgan fingerprint density at radius 3 is 2.82 bits per heavy atom. The molecule has 0 amide bonds. The van der Waals surface area contributed by atoms with Crippen LogP contribution in [0.3, 0.4) is 0 Å². The molecule has 2 aromatic rings. The largest absolute Gasteiger partial charge is 0.327 e. The molecule has 1 unspecified atom stereocenters. The Morgan fingerprint density at radius 1 is 1.47 bits per heavy atom. The molecule has 0 saturated carbocycles. The number of nitrogens with zero attached hydrogens (tertiary/aromatic N) is 1. The molecule has 2 nitrogen and oxygen atoms in total. The van der Waals surface area contributed by atoms with Gasteiger partial charge in [0, 0.05) is 23.4 Å². The van der Waals surface area contributed by atoms with E-state index < -0.39 is 0 Å². The van der Waals surface area contributed by atoms with Gasteiger partial charge in [0.05, 0.1) is 15.0 Å². The highest BCUT2D eigenvalue weighted by Gasteiger charge is 2.13. The van der Waals surface area contributed by atoms with E-state index in [1.54, 1.807) is 11.3 Å². The first-order valence-electron chi connectivity index (χ1n) is 5.25. The second-order valence-corrected chi connectivity index (χ2v) is 6.97. The number of hydrogen-bond acceptors (Lipinski definition) is 4. The van der Waals surface area contributed by atoms with Gasteiger partial charge >= 0.3 is 0 Å². The molecule has 0 aliphatic carbocycles. The molecular formula is C11H12Cl2N2S2. The Hall–Kier alpha value is -0.130. The van der Waals surface area contributed by atoms with E-state index in [0.29, 0.717) is 8.67 Å². The van der Waals surface area contributed by atoms with E-state index in [0.717, 1.165) is 29.1 Å². The number of aromatic nitrogens is 1. The molecule has 6 heteroatoms. The summed E-state index contributed by atoms with van der Waals surface area (Å²) in [6.45, 7) is 2.08. The van der Waals surface area contributed by atoms with Gasteiger partial charge in [0.1, 0.15) is 4.34 Å². The Labute approximate surface area is 118 Å². The van der Waals surface area contributed by atoms with Crippen molar-refractivity contribution in [2.24, 2.45) is 5.73 Å². The lowest BCUT2D eigenvalue weighted by Gasteiger charge is -2.04. The van der Waals surface area contributed by atoms with Crippen LogP contribution in [0.1, 0.15) is 18.4 Å². The van der Waals surface area contributed by atoms with Crippen LogP contribution in [-0.2, 0) is 6.42 Å². The van der Waals surface area contributed by atoms with E-state index in [4.69, 9.17) is 28.9 Å². The average molecular weight is 307 g/mol. The smallest absolute Gasteiger partial charge is 0.104 e. The highest BCUT2D eigenvalue weighted by Crippen LogP contribution is 2.38. The summed E-state index contributed by atoms with van der Waals surface area (Å²) in [5.41, 5.74) is 7.71. The van der Waals surface area contributed by atoms with Gasteiger partial charge < -0.3 is 5.73 Å². The fourth-order valence-corrected chi connectivity index (χ4v) is 3.78. The van der Waals surface area contributed by atoms with Crippen LogP contribution in [0.2, 0.25) is 8.67 Å². The van der Waals surface area contributed by atoms with Crippen LogP contribution in [-0.4, -0.2) is 11.0 Å². The third-order valence-corrected chi connectivity index (χ3v) is 4.80. The Kier molecular flexibility index (Phi) is 4.44. The standard InChI is InChI=1S/C11H12Cl2N2S2/c1-2-6(14)3-10-15-8(5-16-10)7-4-9(12)17-11(7)13/h4-6H,2-3,14H2,1H3. The average Bonchev–Trinajstić information content (AvgIpc) is 2.85. The molecule has 0 fully saturated rings. The molecule has 2 aromatic heterocycles. The molecule has 0 radical (unpaired) electrons. The number of hydrogen-bond donors (Lipinski definition) is 1. The second-order valence-electron chi connectivity index (χ2n) is 3.74. The lowest BCUT2D eigenvalue weighted by molar-refractivity contribution is 0.644. The molecule has 0 bridgehead atoms. The van der Waals surface area contributed by atoms with Gasteiger partial charge in [-0.25, -0.2) is 4.98 Å². The lowest BCUT2D eigenvalue weighted by atomic mass is 10.2. The van der Waals surface area contributed by atoms with E-state index >= 15 is 0 Å². The molecule has 0 aromatic carbocycles. The summed E-state index contributed by atoms with van der Waals surface area (Å²) in [7, 11) is 0. The third-order valence-electron chi connectivity index (χ3n) is 2.45. The van der Waals surface area contributed by atoms with Gasteiger partial charge in [-0.3, -0.25) is 0 Å². The van der Waals surface area contributed by atoms with Crippen LogP contribution < -0.4 is 5.73 Å². The zero-order chi connectivity index (χ0) is 12.4. The number of thiazole rings is 1. The number of thiophene rings is 1. The first kappa shape index (κ1) is 13.3. The van der Waals surface area contributed by atoms with Crippen molar-refractivity contribution in [3.63, 3.8) is 0 Å². The molecule has 2 rings (SSSR count). The summed E-state index contributed by atoms with van der Waals surface area (Å²) in [6, 6.07) is 2.03. The van der Waals surface area contributed by atoms with Crippen LogP contribution in [0.5, 0.6) is 0 Å². The van der Waals surface area contributed by atoms with E-state index in [1.165, 1.54) is 11.3 Å². The van der Waals surface area contributed by atoms with Crippen LogP contribution in [0.15, 0.2) is 11.4 Å². The molecule has 0 aliphatic rings. The molecular weight excluding hydrogens is 295 g/mol. The fraction of sp³-hybridized carbons (Fsp3) is 0.364. The molecule has 2 heterocycles. The van der Waals surface area contributed by atoms with Gasteiger partial charge in [0.25, 0.3) is 0 Å². The molecule has 2 N–H and O–H groups in total. The minimum Gasteiger partial charge on any atom is -0.327 e. The van der Waals surface area contributed by atoms with Crippen LogP contribution in [0.4, 0.5) is 0 Å². The SMILES string of the molecule is CCC(N)Cc1nc(-c2cc(Cl)sc2Cl)cs1. The van der Waals surface area contributed by atoms with Crippen molar-refractivity contribution in [1.29, 1.82) is 0 Å². The van der Waals surface area contributed by atoms with Crippen LogP contribution in [0, 0.1) is 0 Å². The van der Waals surface area contributed by atoms with E-state index in [1.807, 2.05) is 11.4 Å². The molecule has 0 spiro atoms. The Bertz CT molecular complexity index is 507. The van der Waals surface area contributed by atoms with Gasteiger partial charge in [-0.1, -0.05) is 30.1 Å². The normalized spacial score (nSPS) is 12.9.